The molecule has 1 aromatic heterocycles. The number of rotatable bonds is 3. The van der Waals surface area contributed by atoms with Gasteiger partial charge in [-0.15, -0.1) is 0 Å². The first-order valence-electron chi connectivity index (χ1n) is 5.85. The highest BCUT2D eigenvalue weighted by atomic mass is 16.4. The number of aliphatic carboxylic acids is 1. The summed E-state index contributed by atoms with van der Waals surface area (Å²) in [6, 6.07) is 6.43. The highest BCUT2D eigenvalue weighted by molar-refractivity contribution is 6.10. The number of aliphatic imine (C=N–C) groups is 1. The molecule has 2 aromatic rings. The average Bonchev–Trinajstić information content (AvgIpc) is 2.92. The minimum atomic E-state index is -1.09. The first-order valence-corrected chi connectivity index (χ1v) is 5.85. The van der Waals surface area contributed by atoms with Gasteiger partial charge >= 0.3 is 12.0 Å². The van der Waals surface area contributed by atoms with Gasteiger partial charge in [-0.05, 0) is 12.1 Å². The summed E-state index contributed by atoms with van der Waals surface area (Å²) in [6.07, 6.45) is -0.357. The Balaban J connectivity index is 1.77. The number of carboxylic acid groups (broad SMARTS) is 1. The molecule has 2 heterocycles. The third-order valence-electron chi connectivity index (χ3n) is 2.72. The third-order valence-corrected chi connectivity index (χ3v) is 2.72. The van der Waals surface area contributed by atoms with E-state index in [-0.39, 0.29) is 18.4 Å². The minimum absolute atomic E-state index is 0.132. The molecule has 1 aliphatic rings. The number of oxazole rings is 1. The van der Waals surface area contributed by atoms with Crippen LogP contribution in [0, 0.1) is 0 Å². The Bertz CT molecular complexity index is 688. The van der Waals surface area contributed by atoms with Gasteiger partial charge in [0, 0.05) is 0 Å². The fraction of sp³-hybridized carbons (Fsp3) is 0.167. The van der Waals surface area contributed by atoms with Crippen LogP contribution in [-0.2, 0) is 9.59 Å². The van der Waals surface area contributed by atoms with E-state index in [9.17, 15) is 9.59 Å². The molecule has 0 saturated carbocycles. The van der Waals surface area contributed by atoms with E-state index in [1.54, 1.807) is 12.1 Å². The number of nitrogens with one attached hydrogen (secondary N) is 2. The van der Waals surface area contributed by atoms with Crippen LogP contribution in [0.4, 0.5) is 6.01 Å². The molecule has 8 heteroatoms. The second kappa shape index (κ2) is 4.65. The number of hydrogen-bond donors (Lipinski definition) is 3. The highest BCUT2D eigenvalue weighted by Crippen LogP contribution is 2.18. The fourth-order valence-electron chi connectivity index (χ4n) is 1.84. The van der Waals surface area contributed by atoms with Crippen LogP contribution in [0.2, 0.25) is 0 Å². The van der Waals surface area contributed by atoms with E-state index in [4.69, 9.17) is 9.52 Å². The number of hydrogen-bond acceptors (Lipinski definition) is 6. The summed E-state index contributed by atoms with van der Waals surface area (Å²) in [5.74, 6) is -1.42. The maximum Gasteiger partial charge on any atom is 0.306 e. The number of guanidine groups is 1. The number of para-hydroxylation sites is 2. The molecule has 0 fully saturated rings. The molecule has 20 heavy (non-hydrogen) atoms. The maximum atomic E-state index is 11.5. The van der Waals surface area contributed by atoms with Gasteiger partial charge in [0.25, 0.3) is 5.91 Å². The molecule has 0 unspecified atom stereocenters. The van der Waals surface area contributed by atoms with E-state index in [0.29, 0.717) is 11.1 Å². The minimum Gasteiger partial charge on any atom is -0.481 e. The zero-order valence-electron chi connectivity index (χ0n) is 10.2. The summed E-state index contributed by atoms with van der Waals surface area (Å²) in [6.45, 7) is 0. The van der Waals surface area contributed by atoms with Gasteiger partial charge in [-0.1, -0.05) is 12.1 Å². The molecule has 1 aromatic carbocycles. The van der Waals surface area contributed by atoms with E-state index in [2.05, 4.69) is 20.6 Å². The predicted molar refractivity (Wildman–Crippen MR) is 69.3 cm³/mol. The third kappa shape index (κ3) is 2.30. The number of carbonyl (C=O) groups is 2. The monoisotopic (exact) mass is 274 g/mol. The van der Waals surface area contributed by atoms with Crippen molar-refractivity contribution in [1.29, 1.82) is 0 Å². The van der Waals surface area contributed by atoms with Gasteiger partial charge in [0.15, 0.2) is 5.58 Å². The summed E-state index contributed by atoms with van der Waals surface area (Å²) < 4.78 is 5.41. The fourth-order valence-corrected chi connectivity index (χ4v) is 1.84. The lowest BCUT2D eigenvalue weighted by molar-refractivity contribution is -0.139. The van der Waals surface area contributed by atoms with Crippen molar-refractivity contribution >= 4 is 35.0 Å². The summed E-state index contributed by atoms with van der Waals surface area (Å²) >= 11 is 0. The molecule has 8 nitrogen and oxygen atoms in total. The number of amides is 1. The Morgan fingerprint density at radius 3 is 3.00 bits per heavy atom. The average molecular weight is 274 g/mol. The summed E-state index contributed by atoms with van der Waals surface area (Å²) in [7, 11) is 0. The molecule has 1 aliphatic heterocycles. The zero-order chi connectivity index (χ0) is 14.1. The van der Waals surface area contributed by atoms with E-state index >= 15 is 0 Å². The molecule has 3 rings (SSSR count). The summed E-state index contributed by atoms with van der Waals surface area (Å²) in [4.78, 5) is 30.2. The van der Waals surface area contributed by atoms with Crippen molar-refractivity contribution in [3.63, 3.8) is 0 Å². The molecule has 1 atom stereocenters. The van der Waals surface area contributed by atoms with Gasteiger partial charge in [-0.25, -0.2) is 4.99 Å². The molecule has 102 valence electrons. The van der Waals surface area contributed by atoms with Crippen LogP contribution in [0.15, 0.2) is 33.7 Å². The number of nitrogens with zero attached hydrogens (tertiary/aromatic N) is 2. The normalized spacial score (nSPS) is 17.9. The number of benzene rings is 1. The molecular weight excluding hydrogens is 264 g/mol. The second-order valence-corrected chi connectivity index (χ2v) is 4.19. The lowest BCUT2D eigenvalue weighted by Gasteiger charge is -1.99. The van der Waals surface area contributed by atoms with Crippen LogP contribution in [0.3, 0.4) is 0 Å². The molecule has 0 spiro atoms. The van der Waals surface area contributed by atoms with Crippen molar-refractivity contribution in [1.82, 2.24) is 10.3 Å². The van der Waals surface area contributed by atoms with Crippen molar-refractivity contribution in [2.45, 2.75) is 12.5 Å². The van der Waals surface area contributed by atoms with Crippen LogP contribution in [-0.4, -0.2) is 34.0 Å². The largest absolute Gasteiger partial charge is 0.481 e. The SMILES string of the molecule is O=C(O)C[C@H]1N=C(Nc2nc3ccccc3o2)NC1=O. The molecular formula is C12H10N4O4. The first kappa shape index (κ1) is 12.2. The van der Waals surface area contributed by atoms with E-state index < -0.39 is 17.9 Å². The standard InChI is InChI=1S/C12H10N4O4/c17-9(18)5-7-10(19)15-11(13-7)16-12-14-6-3-1-2-4-8(6)20-12/h1-4,7H,5H2,(H,17,18)(H2,13,14,15,16,19)/t7-/m1/s1. The number of aromatic nitrogens is 1. The van der Waals surface area contributed by atoms with Crippen molar-refractivity contribution < 1.29 is 19.1 Å². The molecule has 0 saturated heterocycles. The summed E-state index contributed by atoms with van der Waals surface area (Å²) in [5, 5.41) is 13.8. The number of carboxylic acids is 1. The summed E-state index contributed by atoms with van der Waals surface area (Å²) in [5.41, 5.74) is 1.27. The number of carbonyl (C=O) groups excluding carboxylic acids is 1. The maximum absolute atomic E-state index is 11.5. The quantitative estimate of drug-likeness (QED) is 0.753. The Hall–Kier alpha value is -2.90. The van der Waals surface area contributed by atoms with Crippen molar-refractivity contribution in [2.75, 3.05) is 5.32 Å². The zero-order valence-corrected chi connectivity index (χ0v) is 10.2. The van der Waals surface area contributed by atoms with Crippen LogP contribution in [0.25, 0.3) is 11.1 Å². The molecule has 0 radical (unpaired) electrons. The Morgan fingerprint density at radius 2 is 2.25 bits per heavy atom. The second-order valence-electron chi connectivity index (χ2n) is 4.19. The molecule has 3 N–H and O–H groups in total. The van der Waals surface area contributed by atoms with Gasteiger partial charge in [-0.2, -0.15) is 4.98 Å². The van der Waals surface area contributed by atoms with Gasteiger partial charge in [0.2, 0.25) is 5.96 Å². The van der Waals surface area contributed by atoms with Gasteiger partial charge in [0.05, 0.1) is 6.42 Å². The lowest BCUT2D eigenvalue weighted by atomic mass is 10.2. The predicted octanol–water partition coefficient (Wildman–Crippen LogP) is 0.569. The molecule has 0 aliphatic carbocycles. The highest BCUT2D eigenvalue weighted by Gasteiger charge is 2.29. The van der Waals surface area contributed by atoms with E-state index in [1.807, 2.05) is 12.1 Å². The van der Waals surface area contributed by atoms with Crippen LogP contribution in [0.5, 0.6) is 0 Å². The van der Waals surface area contributed by atoms with Gasteiger partial charge in [-0.3, -0.25) is 20.2 Å². The van der Waals surface area contributed by atoms with Gasteiger partial charge < -0.3 is 9.52 Å². The first-order chi connectivity index (χ1) is 9.61. The van der Waals surface area contributed by atoms with E-state index in [0.717, 1.165) is 0 Å². The smallest absolute Gasteiger partial charge is 0.306 e. The van der Waals surface area contributed by atoms with Gasteiger partial charge in [0.1, 0.15) is 11.6 Å². The van der Waals surface area contributed by atoms with Crippen LogP contribution in [0.1, 0.15) is 6.42 Å². The molecule has 0 bridgehead atoms. The lowest BCUT2D eigenvalue weighted by Crippen LogP contribution is -2.33. The Kier molecular flexibility index (Phi) is 2.82. The Morgan fingerprint density at radius 1 is 1.45 bits per heavy atom. The van der Waals surface area contributed by atoms with Crippen LogP contribution < -0.4 is 10.6 Å². The van der Waals surface area contributed by atoms with Crippen LogP contribution >= 0.6 is 0 Å². The number of fused-ring (bicyclic) bond motifs is 1. The Labute approximate surface area is 112 Å². The van der Waals surface area contributed by atoms with Crippen molar-refractivity contribution in [3.8, 4) is 0 Å². The van der Waals surface area contributed by atoms with Crippen molar-refractivity contribution in [2.24, 2.45) is 4.99 Å². The van der Waals surface area contributed by atoms with E-state index in [1.165, 1.54) is 0 Å². The van der Waals surface area contributed by atoms with Crippen molar-refractivity contribution in [3.05, 3.63) is 24.3 Å². The number of anilines is 1. The topological polar surface area (TPSA) is 117 Å². The molecule has 1 amide bonds.